The zero-order valence-corrected chi connectivity index (χ0v) is 13.5. The summed E-state index contributed by atoms with van der Waals surface area (Å²) in [5.74, 6) is 1.22. The maximum absolute atomic E-state index is 12.4. The summed E-state index contributed by atoms with van der Waals surface area (Å²) in [5, 5.41) is 3.58. The Morgan fingerprint density at radius 3 is 2.88 bits per heavy atom. The molecule has 24 heavy (non-hydrogen) atoms. The van der Waals surface area contributed by atoms with Crippen LogP contribution in [-0.4, -0.2) is 18.7 Å². The standard InChI is InChI=1S/C17H16ClN3O3/c18-11-3-1-2-10(6-11)13-8-14(21-20-13)17(22)19-12-4-5-15-16(7-12)24-9-23-15/h1-7,13-14,20-21H,8-9H2,(H,19,22). The molecule has 0 saturated carbocycles. The van der Waals surface area contributed by atoms with Gasteiger partial charge in [-0.25, -0.2) is 10.9 Å². The summed E-state index contributed by atoms with van der Waals surface area (Å²) in [4.78, 5) is 12.4. The highest BCUT2D eigenvalue weighted by Crippen LogP contribution is 2.34. The van der Waals surface area contributed by atoms with Crippen LogP contribution in [0.2, 0.25) is 5.02 Å². The van der Waals surface area contributed by atoms with Crippen LogP contribution in [-0.2, 0) is 4.79 Å². The molecule has 2 atom stereocenters. The maximum atomic E-state index is 12.4. The Labute approximate surface area is 144 Å². The van der Waals surface area contributed by atoms with E-state index in [2.05, 4.69) is 16.2 Å². The summed E-state index contributed by atoms with van der Waals surface area (Å²) in [6.45, 7) is 0.210. The van der Waals surface area contributed by atoms with Crippen LogP contribution in [0.5, 0.6) is 11.5 Å². The van der Waals surface area contributed by atoms with Crippen LogP contribution in [0.4, 0.5) is 5.69 Å². The van der Waals surface area contributed by atoms with Gasteiger partial charge >= 0.3 is 0 Å². The molecule has 0 bridgehead atoms. The van der Waals surface area contributed by atoms with Crippen LogP contribution in [0.3, 0.4) is 0 Å². The van der Waals surface area contributed by atoms with Gasteiger partial charge in [0.15, 0.2) is 11.5 Å². The SMILES string of the molecule is O=C(Nc1ccc2c(c1)OCO2)C1CC(c2cccc(Cl)c2)NN1. The molecule has 0 radical (unpaired) electrons. The Kier molecular flexibility index (Phi) is 4.02. The second-order valence-electron chi connectivity index (χ2n) is 5.74. The Morgan fingerprint density at radius 1 is 1.12 bits per heavy atom. The summed E-state index contributed by atoms with van der Waals surface area (Å²) >= 11 is 6.03. The lowest BCUT2D eigenvalue weighted by molar-refractivity contribution is -0.117. The first-order chi connectivity index (χ1) is 11.7. The van der Waals surface area contributed by atoms with Crippen molar-refractivity contribution in [2.75, 3.05) is 12.1 Å². The third-order valence-corrected chi connectivity index (χ3v) is 4.35. The number of amides is 1. The first kappa shape index (κ1) is 15.3. The molecular formula is C17H16ClN3O3. The van der Waals surface area contributed by atoms with E-state index in [4.69, 9.17) is 21.1 Å². The average Bonchev–Trinajstić information content (AvgIpc) is 3.24. The van der Waals surface area contributed by atoms with Gasteiger partial charge in [-0.05, 0) is 36.2 Å². The monoisotopic (exact) mass is 345 g/mol. The predicted octanol–water partition coefficient (Wildman–Crippen LogP) is 2.62. The van der Waals surface area contributed by atoms with E-state index in [-0.39, 0.29) is 24.8 Å². The van der Waals surface area contributed by atoms with Gasteiger partial charge in [-0.3, -0.25) is 4.79 Å². The number of fused-ring (bicyclic) bond motifs is 1. The molecule has 0 aromatic heterocycles. The van der Waals surface area contributed by atoms with Crippen LogP contribution >= 0.6 is 11.6 Å². The molecule has 6 nitrogen and oxygen atoms in total. The Bertz CT molecular complexity index is 783. The summed E-state index contributed by atoms with van der Waals surface area (Å²) in [6.07, 6.45) is 0.636. The summed E-state index contributed by atoms with van der Waals surface area (Å²) in [5.41, 5.74) is 7.91. The van der Waals surface area contributed by atoms with Gasteiger partial charge in [0, 0.05) is 22.8 Å². The second-order valence-corrected chi connectivity index (χ2v) is 6.18. The van der Waals surface area contributed by atoms with Crippen LogP contribution in [0.1, 0.15) is 18.0 Å². The number of ether oxygens (including phenoxy) is 2. The first-order valence-electron chi connectivity index (χ1n) is 7.66. The van der Waals surface area contributed by atoms with Crippen LogP contribution in [0, 0.1) is 0 Å². The molecule has 2 aliphatic rings. The number of hydrazine groups is 1. The number of nitrogens with one attached hydrogen (secondary N) is 3. The molecule has 1 amide bonds. The molecule has 2 aromatic carbocycles. The molecule has 2 aromatic rings. The average molecular weight is 346 g/mol. The van der Waals surface area contributed by atoms with Gasteiger partial charge in [-0.1, -0.05) is 23.7 Å². The molecule has 1 fully saturated rings. The fourth-order valence-electron chi connectivity index (χ4n) is 2.87. The third kappa shape index (κ3) is 3.03. The highest BCUT2D eigenvalue weighted by molar-refractivity contribution is 6.30. The van der Waals surface area contributed by atoms with Gasteiger partial charge in [-0.15, -0.1) is 0 Å². The van der Waals surface area contributed by atoms with Gasteiger partial charge < -0.3 is 14.8 Å². The Morgan fingerprint density at radius 2 is 2.00 bits per heavy atom. The Balaban J connectivity index is 1.41. The van der Waals surface area contributed by atoms with E-state index in [1.807, 2.05) is 24.3 Å². The van der Waals surface area contributed by atoms with E-state index in [1.165, 1.54) is 0 Å². The van der Waals surface area contributed by atoms with Crippen LogP contribution in [0.15, 0.2) is 42.5 Å². The third-order valence-electron chi connectivity index (χ3n) is 4.11. The number of carbonyl (C=O) groups excluding carboxylic acids is 1. The molecule has 2 aliphatic heterocycles. The predicted molar refractivity (Wildman–Crippen MR) is 90.1 cm³/mol. The fourth-order valence-corrected chi connectivity index (χ4v) is 3.07. The van der Waals surface area contributed by atoms with Crippen molar-refractivity contribution in [3.8, 4) is 11.5 Å². The van der Waals surface area contributed by atoms with E-state index >= 15 is 0 Å². The van der Waals surface area contributed by atoms with Gasteiger partial charge in [0.25, 0.3) is 0 Å². The van der Waals surface area contributed by atoms with E-state index in [0.717, 1.165) is 5.56 Å². The van der Waals surface area contributed by atoms with Gasteiger partial charge in [0.1, 0.15) is 6.04 Å². The van der Waals surface area contributed by atoms with E-state index < -0.39 is 0 Å². The number of hydrogen-bond donors (Lipinski definition) is 3. The highest BCUT2D eigenvalue weighted by atomic mass is 35.5. The van der Waals surface area contributed by atoms with E-state index in [1.54, 1.807) is 18.2 Å². The lowest BCUT2D eigenvalue weighted by atomic mass is 10.0. The molecule has 2 heterocycles. The molecule has 124 valence electrons. The van der Waals surface area contributed by atoms with E-state index in [9.17, 15) is 4.79 Å². The zero-order chi connectivity index (χ0) is 16.5. The van der Waals surface area contributed by atoms with Crippen molar-refractivity contribution in [3.05, 3.63) is 53.1 Å². The highest BCUT2D eigenvalue weighted by Gasteiger charge is 2.30. The quantitative estimate of drug-likeness (QED) is 0.797. The first-order valence-corrected chi connectivity index (χ1v) is 8.04. The molecule has 0 aliphatic carbocycles. The number of benzene rings is 2. The Hall–Kier alpha value is -2.28. The van der Waals surface area contributed by atoms with E-state index in [0.29, 0.717) is 28.6 Å². The molecule has 7 heteroatoms. The topological polar surface area (TPSA) is 71.6 Å². The van der Waals surface area contributed by atoms with Crippen molar-refractivity contribution < 1.29 is 14.3 Å². The fraction of sp³-hybridized carbons (Fsp3) is 0.235. The van der Waals surface area contributed by atoms with Crippen molar-refractivity contribution in [2.24, 2.45) is 0 Å². The van der Waals surface area contributed by atoms with Crippen LogP contribution < -0.4 is 25.6 Å². The number of hydrogen-bond acceptors (Lipinski definition) is 5. The molecule has 3 N–H and O–H groups in total. The molecule has 1 saturated heterocycles. The number of anilines is 1. The molecule has 2 unspecified atom stereocenters. The maximum Gasteiger partial charge on any atom is 0.242 e. The minimum absolute atomic E-state index is 0.0382. The summed E-state index contributed by atoms with van der Waals surface area (Å²) in [6, 6.07) is 12.7. The number of carbonyl (C=O) groups is 1. The van der Waals surface area contributed by atoms with Crippen LogP contribution in [0.25, 0.3) is 0 Å². The summed E-state index contributed by atoms with van der Waals surface area (Å²) in [7, 11) is 0. The minimum Gasteiger partial charge on any atom is -0.454 e. The van der Waals surface area contributed by atoms with Crippen molar-refractivity contribution >= 4 is 23.2 Å². The van der Waals surface area contributed by atoms with Crippen molar-refractivity contribution in [1.82, 2.24) is 10.9 Å². The molecular weight excluding hydrogens is 330 g/mol. The smallest absolute Gasteiger partial charge is 0.242 e. The zero-order valence-electron chi connectivity index (χ0n) is 12.7. The van der Waals surface area contributed by atoms with Gasteiger partial charge in [0.05, 0.1) is 0 Å². The normalized spacial score (nSPS) is 21.7. The molecule has 4 rings (SSSR count). The lowest BCUT2D eigenvalue weighted by Crippen LogP contribution is -2.39. The van der Waals surface area contributed by atoms with Gasteiger partial charge in [-0.2, -0.15) is 0 Å². The summed E-state index contributed by atoms with van der Waals surface area (Å²) < 4.78 is 10.6. The largest absolute Gasteiger partial charge is 0.454 e. The minimum atomic E-state index is -0.334. The van der Waals surface area contributed by atoms with Crippen molar-refractivity contribution in [3.63, 3.8) is 0 Å². The molecule has 0 spiro atoms. The number of rotatable bonds is 3. The van der Waals surface area contributed by atoms with Crippen molar-refractivity contribution in [1.29, 1.82) is 0 Å². The number of halogens is 1. The second kappa shape index (κ2) is 6.32. The lowest BCUT2D eigenvalue weighted by Gasteiger charge is -2.11. The van der Waals surface area contributed by atoms with Crippen molar-refractivity contribution in [2.45, 2.75) is 18.5 Å². The van der Waals surface area contributed by atoms with Gasteiger partial charge in [0.2, 0.25) is 12.7 Å².